The van der Waals surface area contributed by atoms with Gasteiger partial charge >= 0.3 is 0 Å². The van der Waals surface area contributed by atoms with E-state index in [2.05, 4.69) is 25.6 Å². The first-order valence-corrected chi connectivity index (χ1v) is 8.12. The van der Waals surface area contributed by atoms with Crippen LogP contribution in [0.3, 0.4) is 0 Å². The Bertz CT molecular complexity index is 843. The normalized spacial score (nSPS) is 10.1. The van der Waals surface area contributed by atoms with Crippen molar-refractivity contribution < 1.29 is 4.74 Å². The van der Waals surface area contributed by atoms with Gasteiger partial charge in [0.1, 0.15) is 5.75 Å². The van der Waals surface area contributed by atoms with Crippen molar-refractivity contribution >= 4 is 23.3 Å². The van der Waals surface area contributed by atoms with Gasteiger partial charge in [0.15, 0.2) is 5.11 Å². The lowest BCUT2D eigenvalue weighted by atomic mass is 10.3. The van der Waals surface area contributed by atoms with Crippen molar-refractivity contribution in [3.05, 3.63) is 72.2 Å². The van der Waals surface area contributed by atoms with Gasteiger partial charge in [-0.25, -0.2) is 4.98 Å². The van der Waals surface area contributed by atoms with E-state index in [0.29, 0.717) is 29.2 Å². The van der Waals surface area contributed by atoms with Crippen molar-refractivity contribution in [3.63, 3.8) is 0 Å². The van der Waals surface area contributed by atoms with Crippen LogP contribution in [-0.4, -0.2) is 20.1 Å². The van der Waals surface area contributed by atoms with Gasteiger partial charge in [0.05, 0.1) is 0 Å². The van der Waals surface area contributed by atoms with Crippen LogP contribution < -0.4 is 15.4 Å². The molecule has 1 aromatic carbocycles. The summed E-state index contributed by atoms with van der Waals surface area (Å²) in [5.41, 5.74) is 1.81. The summed E-state index contributed by atoms with van der Waals surface area (Å²) in [6, 6.07) is 15.1. The molecule has 3 rings (SSSR count). The predicted molar refractivity (Wildman–Crippen MR) is 101 cm³/mol. The Morgan fingerprint density at radius 1 is 1.12 bits per heavy atom. The van der Waals surface area contributed by atoms with E-state index in [9.17, 15) is 0 Å². The highest BCUT2D eigenvalue weighted by atomic mass is 32.1. The molecule has 2 N–H and O–H groups in total. The maximum Gasteiger partial charge on any atom is 0.232 e. The molecule has 25 heavy (non-hydrogen) atoms. The van der Waals surface area contributed by atoms with Gasteiger partial charge in [0.2, 0.25) is 11.8 Å². The second-order valence-corrected chi connectivity index (χ2v) is 5.66. The SMILES string of the molecule is Cc1cc(Oc2ccccc2)nc(NC(=S)NCc2cccnc2)n1. The molecular weight excluding hydrogens is 334 g/mol. The molecule has 0 amide bonds. The van der Waals surface area contributed by atoms with Crippen LogP contribution in [0.2, 0.25) is 0 Å². The third-order valence-corrected chi connectivity index (χ3v) is 3.44. The van der Waals surface area contributed by atoms with E-state index >= 15 is 0 Å². The summed E-state index contributed by atoms with van der Waals surface area (Å²) >= 11 is 5.29. The maximum atomic E-state index is 5.75. The zero-order valence-corrected chi connectivity index (χ0v) is 14.5. The highest BCUT2D eigenvalue weighted by Gasteiger charge is 2.06. The van der Waals surface area contributed by atoms with Crippen molar-refractivity contribution in [1.82, 2.24) is 20.3 Å². The summed E-state index contributed by atoms with van der Waals surface area (Å²) in [5, 5.41) is 6.50. The van der Waals surface area contributed by atoms with Crippen LogP contribution in [0.5, 0.6) is 11.6 Å². The molecule has 0 aliphatic rings. The minimum absolute atomic E-state index is 0.384. The molecule has 0 radical (unpaired) electrons. The van der Waals surface area contributed by atoms with E-state index in [1.165, 1.54) is 0 Å². The molecule has 126 valence electrons. The van der Waals surface area contributed by atoms with Crippen LogP contribution in [0, 0.1) is 6.92 Å². The zero-order valence-electron chi connectivity index (χ0n) is 13.6. The van der Waals surface area contributed by atoms with Crippen molar-refractivity contribution in [2.45, 2.75) is 13.5 Å². The number of thiocarbonyl (C=S) groups is 1. The first-order chi connectivity index (χ1) is 12.2. The maximum absolute atomic E-state index is 5.75. The smallest absolute Gasteiger partial charge is 0.232 e. The molecule has 6 nitrogen and oxygen atoms in total. The molecule has 0 saturated carbocycles. The minimum Gasteiger partial charge on any atom is -0.439 e. The summed E-state index contributed by atoms with van der Waals surface area (Å²) in [6.07, 6.45) is 3.51. The van der Waals surface area contributed by atoms with Crippen LogP contribution in [0.15, 0.2) is 60.9 Å². The fraction of sp³-hybridized carbons (Fsp3) is 0.111. The number of aryl methyl sites for hydroxylation is 1. The van der Waals surface area contributed by atoms with Gasteiger partial charge in [0.25, 0.3) is 0 Å². The number of anilines is 1. The highest BCUT2D eigenvalue weighted by Crippen LogP contribution is 2.20. The Hall–Kier alpha value is -3.06. The molecule has 0 unspecified atom stereocenters. The molecular formula is C18H17N5OS. The largest absolute Gasteiger partial charge is 0.439 e. The molecule has 2 heterocycles. The fourth-order valence-electron chi connectivity index (χ4n) is 2.09. The number of hydrogen-bond acceptors (Lipinski definition) is 5. The van der Waals surface area contributed by atoms with Gasteiger partial charge in [0, 0.05) is 30.7 Å². The minimum atomic E-state index is 0.384. The third kappa shape index (κ3) is 5.22. The van der Waals surface area contributed by atoms with E-state index in [0.717, 1.165) is 11.3 Å². The number of para-hydroxylation sites is 1. The molecule has 0 aliphatic heterocycles. The Balaban J connectivity index is 1.62. The van der Waals surface area contributed by atoms with Crippen LogP contribution in [0.25, 0.3) is 0 Å². The summed E-state index contributed by atoms with van der Waals surface area (Å²) in [6.45, 7) is 2.44. The zero-order chi connectivity index (χ0) is 17.5. The molecule has 0 atom stereocenters. The Labute approximate surface area is 151 Å². The van der Waals surface area contributed by atoms with Crippen LogP contribution in [0.1, 0.15) is 11.3 Å². The van der Waals surface area contributed by atoms with Gasteiger partial charge < -0.3 is 15.4 Å². The van der Waals surface area contributed by atoms with Crippen molar-refractivity contribution in [2.24, 2.45) is 0 Å². The van der Waals surface area contributed by atoms with E-state index in [-0.39, 0.29) is 0 Å². The Kier molecular flexibility index (Phi) is 5.48. The van der Waals surface area contributed by atoms with Crippen molar-refractivity contribution in [3.8, 4) is 11.6 Å². The van der Waals surface area contributed by atoms with E-state index < -0.39 is 0 Å². The standard InChI is InChI=1S/C18H17N5OS/c1-13-10-16(24-15-7-3-2-4-8-15)22-17(21-13)23-18(25)20-12-14-6-5-9-19-11-14/h2-11H,12H2,1H3,(H2,20,21,22,23,25). The lowest BCUT2D eigenvalue weighted by Gasteiger charge is -2.11. The average molecular weight is 351 g/mol. The lowest BCUT2D eigenvalue weighted by Crippen LogP contribution is -2.28. The van der Waals surface area contributed by atoms with Crippen LogP contribution in [0.4, 0.5) is 5.95 Å². The van der Waals surface area contributed by atoms with Crippen molar-refractivity contribution in [1.29, 1.82) is 0 Å². The molecule has 0 aliphatic carbocycles. The summed E-state index contributed by atoms with van der Waals surface area (Å²) < 4.78 is 5.75. The molecule has 7 heteroatoms. The number of hydrogen-bond donors (Lipinski definition) is 2. The molecule has 0 spiro atoms. The number of rotatable bonds is 5. The summed E-state index contributed by atoms with van der Waals surface area (Å²) in [4.78, 5) is 12.7. The van der Waals surface area contributed by atoms with Gasteiger partial charge in [-0.15, -0.1) is 0 Å². The second-order valence-electron chi connectivity index (χ2n) is 5.26. The third-order valence-electron chi connectivity index (χ3n) is 3.20. The van der Waals surface area contributed by atoms with Crippen LogP contribution >= 0.6 is 12.2 Å². The first kappa shape index (κ1) is 16.8. The van der Waals surface area contributed by atoms with E-state index in [4.69, 9.17) is 17.0 Å². The average Bonchev–Trinajstić information content (AvgIpc) is 2.61. The molecule has 0 bridgehead atoms. The Morgan fingerprint density at radius 2 is 1.96 bits per heavy atom. The number of nitrogens with one attached hydrogen (secondary N) is 2. The van der Waals surface area contributed by atoms with Crippen LogP contribution in [-0.2, 0) is 6.54 Å². The lowest BCUT2D eigenvalue weighted by molar-refractivity contribution is 0.462. The number of pyridine rings is 1. The topological polar surface area (TPSA) is 72.0 Å². The number of benzene rings is 1. The van der Waals surface area contributed by atoms with Gasteiger partial charge in [-0.3, -0.25) is 4.98 Å². The van der Waals surface area contributed by atoms with Gasteiger partial charge in [-0.05, 0) is 42.9 Å². The van der Waals surface area contributed by atoms with E-state index in [1.807, 2.05) is 49.4 Å². The fourth-order valence-corrected chi connectivity index (χ4v) is 2.25. The summed E-state index contributed by atoms with van der Waals surface area (Å²) in [7, 11) is 0. The quantitative estimate of drug-likeness (QED) is 0.682. The van der Waals surface area contributed by atoms with Crippen molar-refractivity contribution in [2.75, 3.05) is 5.32 Å². The molecule has 0 saturated heterocycles. The van der Waals surface area contributed by atoms with E-state index in [1.54, 1.807) is 18.5 Å². The van der Waals surface area contributed by atoms with Gasteiger partial charge in [-0.1, -0.05) is 24.3 Å². The molecule has 3 aromatic rings. The second kappa shape index (κ2) is 8.16. The first-order valence-electron chi connectivity index (χ1n) is 7.71. The summed E-state index contributed by atoms with van der Waals surface area (Å²) in [5.74, 6) is 1.55. The monoisotopic (exact) mass is 351 g/mol. The Morgan fingerprint density at radius 3 is 2.72 bits per heavy atom. The number of aromatic nitrogens is 3. The number of ether oxygens (including phenoxy) is 1. The molecule has 2 aromatic heterocycles. The number of nitrogens with zero attached hydrogens (tertiary/aromatic N) is 3. The highest BCUT2D eigenvalue weighted by molar-refractivity contribution is 7.80. The predicted octanol–water partition coefficient (Wildman–Crippen LogP) is 3.46. The van der Waals surface area contributed by atoms with Gasteiger partial charge in [-0.2, -0.15) is 4.98 Å². The molecule has 0 fully saturated rings.